The maximum absolute atomic E-state index is 12.5. The molecule has 0 atom stereocenters. The van der Waals surface area contributed by atoms with Crippen molar-refractivity contribution in [2.24, 2.45) is 0 Å². The van der Waals surface area contributed by atoms with E-state index in [-0.39, 0.29) is 10.9 Å². The molecule has 0 radical (unpaired) electrons. The van der Waals surface area contributed by atoms with E-state index >= 15 is 0 Å². The van der Waals surface area contributed by atoms with Gasteiger partial charge in [0.15, 0.2) is 0 Å². The second-order valence-electron chi connectivity index (χ2n) is 3.13. The first kappa shape index (κ1) is 14.6. The lowest BCUT2D eigenvalue weighted by molar-refractivity contribution is -0.142. The molecule has 17 heavy (non-hydrogen) atoms. The fourth-order valence-electron chi connectivity index (χ4n) is 1.17. The highest BCUT2D eigenvalue weighted by molar-refractivity contribution is 9.08. The largest absolute Gasteiger partial charge is 0.417 e. The zero-order valence-corrected chi connectivity index (χ0v) is 10.2. The van der Waals surface area contributed by atoms with Crippen LogP contribution < -0.4 is 0 Å². The summed E-state index contributed by atoms with van der Waals surface area (Å²) < 4.78 is 74.8. The third kappa shape index (κ3) is 3.28. The number of hydrogen-bond donors (Lipinski definition) is 0. The van der Waals surface area contributed by atoms with Crippen LogP contribution >= 0.6 is 27.5 Å². The van der Waals surface area contributed by atoms with Crippen LogP contribution in [0.25, 0.3) is 0 Å². The van der Waals surface area contributed by atoms with Crippen LogP contribution in [0.1, 0.15) is 16.7 Å². The summed E-state index contributed by atoms with van der Waals surface area (Å²) in [5, 5.41) is -1.45. The number of alkyl halides is 7. The minimum absolute atomic E-state index is 0.129. The lowest BCUT2D eigenvalue weighted by Gasteiger charge is -2.16. The van der Waals surface area contributed by atoms with Crippen molar-refractivity contribution in [3.8, 4) is 0 Å². The van der Waals surface area contributed by atoms with E-state index < -0.39 is 28.5 Å². The van der Waals surface area contributed by atoms with Crippen molar-refractivity contribution in [1.29, 1.82) is 0 Å². The van der Waals surface area contributed by atoms with Gasteiger partial charge in [-0.15, -0.1) is 0 Å². The van der Waals surface area contributed by atoms with Gasteiger partial charge in [-0.2, -0.15) is 26.3 Å². The molecule has 1 aromatic carbocycles. The van der Waals surface area contributed by atoms with Crippen LogP contribution in [-0.4, -0.2) is 0 Å². The van der Waals surface area contributed by atoms with Crippen molar-refractivity contribution >= 4 is 27.5 Å². The molecule has 8 heteroatoms. The number of hydrogen-bond acceptors (Lipinski definition) is 0. The van der Waals surface area contributed by atoms with E-state index in [0.29, 0.717) is 12.1 Å². The number of benzene rings is 1. The Balaban J connectivity index is 3.53. The monoisotopic (exact) mass is 340 g/mol. The summed E-state index contributed by atoms with van der Waals surface area (Å²) in [5.41, 5.74) is -3.11. The molecular formula is C9H4BrClF6. The van der Waals surface area contributed by atoms with Crippen LogP contribution in [0.4, 0.5) is 26.3 Å². The van der Waals surface area contributed by atoms with Crippen LogP contribution in [0, 0.1) is 0 Å². The summed E-state index contributed by atoms with van der Waals surface area (Å²) in [6, 6.07) is 1.18. The SMILES string of the molecule is FC(F)(F)c1cc(CBr)cc(C(F)(F)F)c1Cl. The lowest BCUT2D eigenvalue weighted by atomic mass is 10.1. The zero-order valence-electron chi connectivity index (χ0n) is 7.89. The molecule has 0 fully saturated rings. The Morgan fingerprint density at radius 3 is 1.53 bits per heavy atom. The lowest BCUT2D eigenvalue weighted by Crippen LogP contribution is -2.13. The standard InChI is InChI=1S/C9H4BrClF6/c10-3-4-1-5(8(12,13)14)7(11)6(2-4)9(15,16)17/h1-2H,3H2. The smallest absolute Gasteiger partial charge is 0.166 e. The van der Waals surface area contributed by atoms with Gasteiger partial charge in [-0.25, -0.2) is 0 Å². The molecule has 0 aromatic heterocycles. The van der Waals surface area contributed by atoms with Crippen molar-refractivity contribution in [3.05, 3.63) is 33.8 Å². The third-order valence-electron chi connectivity index (χ3n) is 1.90. The number of halogens is 8. The number of rotatable bonds is 1. The summed E-state index contributed by atoms with van der Waals surface area (Å²) in [7, 11) is 0. The van der Waals surface area contributed by atoms with Gasteiger partial charge in [0.2, 0.25) is 0 Å². The zero-order chi connectivity index (χ0) is 13.4. The minimum Gasteiger partial charge on any atom is -0.166 e. The van der Waals surface area contributed by atoms with Gasteiger partial charge >= 0.3 is 12.4 Å². The summed E-state index contributed by atoms with van der Waals surface area (Å²) in [4.78, 5) is 0. The summed E-state index contributed by atoms with van der Waals surface area (Å²) in [6.45, 7) is 0. The average molecular weight is 341 g/mol. The van der Waals surface area contributed by atoms with E-state index in [1.807, 2.05) is 0 Å². The molecule has 0 spiro atoms. The molecule has 0 N–H and O–H groups in total. The fraction of sp³-hybridized carbons (Fsp3) is 0.333. The molecule has 0 heterocycles. The highest BCUT2D eigenvalue weighted by Gasteiger charge is 2.40. The van der Waals surface area contributed by atoms with Crippen molar-refractivity contribution < 1.29 is 26.3 Å². The van der Waals surface area contributed by atoms with Crippen LogP contribution in [0.3, 0.4) is 0 Å². The van der Waals surface area contributed by atoms with Crippen LogP contribution in [0.15, 0.2) is 12.1 Å². The fourth-order valence-corrected chi connectivity index (χ4v) is 1.82. The molecule has 0 nitrogen and oxygen atoms in total. The topological polar surface area (TPSA) is 0 Å². The summed E-state index contributed by atoms with van der Waals surface area (Å²) in [6.07, 6.45) is -9.84. The highest BCUT2D eigenvalue weighted by Crippen LogP contribution is 2.43. The quantitative estimate of drug-likeness (QED) is 0.482. The first-order valence-corrected chi connectivity index (χ1v) is 5.60. The van der Waals surface area contributed by atoms with Gasteiger partial charge < -0.3 is 0 Å². The van der Waals surface area contributed by atoms with Crippen molar-refractivity contribution in [2.45, 2.75) is 17.7 Å². The van der Waals surface area contributed by atoms with Gasteiger partial charge in [-0.05, 0) is 17.7 Å². The van der Waals surface area contributed by atoms with Crippen molar-refractivity contribution in [2.75, 3.05) is 0 Å². The molecule has 0 aliphatic carbocycles. The molecular weight excluding hydrogens is 337 g/mol. The Labute approximate surface area is 106 Å². The summed E-state index contributed by atoms with van der Waals surface area (Å²) >= 11 is 7.96. The molecule has 0 bridgehead atoms. The van der Waals surface area contributed by atoms with E-state index in [0.717, 1.165) is 0 Å². The van der Waals surface area contributed by atoms with Gasteiger partial charge in [-0.3, -0.25) is 0 Å². The second kappa shape index (κ2) is 4.68. The van der Waals surface area contributed by atoms with Crippen LogP contribution in [0.2, 0.25) is 5.02 Å². The second-order valence-corrected chi connectivity index (χ2v) is 4.07. The van der Waals surface area contributed by atoms with E-state index in [1.165, 1.54) is 0 Å². The Kier molecular flexibility index (Phi) is 4.03. The first-order chi connectivity index (χ1) is 7.57. The molecule has 1 aromatic rings. The van der Waals surface area contributed by atoms with E-state index in [2.05, 4.69) is 15.9 Å². The third-order valence-corrected chi connectivity index (χ3v) is 2.95. The first-order valence-electron chi connectivity index (χ1n) is 4.10. The minimum atomic E-state index is -4.92. The molecule has 0 aliphatic rings. The molecule has 0 saturated heterocycles. The Bertz CT molecular complexity index is 387. The van der Waals surface area contributed by atoms with Gasteiger partial charge in [0.05, 0.1) is 16.1 Å². The van der Waals surface area contributed by atoms with Gasteiger partial charge in [0.1, 0.15) is 0 Å². The predicted octanol–water partition coefficient (Wildman–Crippen LogP) is 5.27. The molecule has 96 valence electrons. The predicted molar refractivity (Wildman–Crippen MR) is 54.1 cm³/mol. The molecule has 0 saturated carbocycles. The molecule has 0 amide bonds. The Morgan fingerprint density at radius 1 is 0.941 bits per heavy atom. The molecule has 0 aliphatic heterocycles. The van der Waals surface area contributed by atoms with E-state index in [1.54, 1.807) is 0 Å². The normalized spacial score (nSPS) is 12.9. The van der Waals surface area contributed by atoms with E-state index in [4.69, 9.17) is 11.6 Å². The van der Waals surface area contributed by atoms with Gasteiger partial charge in [0.25, 0.3) is 0 Å². The Hall–Kier alpha value is -0.430. The average Bonchev–Trinajstić information content (AvgIpc) is 2.14. The maximum Gasteiger partial charge on any atom is 0.417 e. The van der Waals surface area contributed by atoms with Gasteiger partial charge in [0, 0.05) is 5.33 Å². The maximum atomic E-state index is 12.5. The molecule has 1 rings (SSSR count). The van der Waals surface area contributed by atoms with Crippen molar-refractivity contribution in [3.63, 3.8) is 0 Å². The van der Waals surface area contributed by atoms with Crippen LogP contribution in [0.5, 0.6) is 0 Å². The van der Waals surface area contributed by atoms with Gasteiger partial charge in [-0.1, -0.05) is 27.5 Å². The van der Waals surface area contributed by atoms with Crippen LogP contribution in [-0.2, 0) is 17.7 Å². The van der Waals surface area contributed by atoms with Crippen molar-refractivity contribution in [1.82, 2.24) is 0 Å². The summed E-state index contributed by atoms with van der Waals surface area (Å²) in [5.74, 6) is 0. The highest BCUT2D eigenvalue weighted by atomic mass is 79.9. The molecule has 0 unspecified atom stereocenters. The Morgan fingerprint density at radius 2 is 1.29 bits per heavy atom. The van der Waals surface area contributed by atoms with E-state index in [9.17, 15) is 26.3 Å².